The van der Waals surface area contributed by atoms with Gasteiger partial charge in [-0.25, -0.2) is 9.18 Å². The molecule has 4 rings (SSSR count). The van der Waals surface area contributed by atoms with Crippen molar-refractivity contribution >= 4 is 17.4 Å². The molecule has 2 aromatic carbocycles. The maximum Gasteiger partial charge on any atom is 0.323 e. The van der Waals surface area contributed by atoms with Gasteiger partial charge in [0, 0.05) is 17.5 Å². The van der Waals surface area contributed by atoms with Crippen LogP contribution >= 0.6 is 0 Å². The third-order valence-corrected chi connectivity index (χ3v) is 6.06. The monoisotopic (exact) mass is 493 g/mol. The number of amides is 2. The highest BCUT2D eigenvalue weighted by molar-refractivity contribution is 6.01. The van der Waals surface area contributed by atoms with Crippen molar-refractivity contribution in [2.75, 3.05) is 32.0 Å². The zero-order valence-electron chi connectivity index (χ0n) is 20.7. The predicted molar refractivity (Wildman–Crippen MR) is 135 cm³/mol. The summed E-state index contributed by atoms with van der Waals surface area (Å²) in [4.78, 5) is 18.1. The van der Waals surface area contributed by atoms with E-state index in [1.807, 2.05) is 44.4 Å². The van der Waals surface area contributed by atoms with E-state index in [0.717, 1.165) is 16.7 Å². The first-order valence-corrected chi connectivity index (χ1v) is 11.2. The summed E-state index contributed by atoms with van der Waals surface area (Å²) in [5, 5.41) is 7.15. The van der Waals surface area contributed by atoms with Crippen LogP contribution in [0.1, 0.15) is 11.1 Å². The molecule has 1 aliphatic heterocycles. The van der Waals surface area contributed by atoms with Gasteiger partial charge in [-0.15, -0.1) is 0 Å². The van der Waals surface area contributed by atoms with Crippen LogP contribution < -0.4 is 20.1 Å². The van der Waals surface area contributed by atoms with Crippen LogP contribution in [0.4, 0.5) is 20.6 Å². The predicted octanol–water partition coefficient (Wildman–Crippen LogP) is 5.59. The van der Waals surface area contributed by atoms with E-state index in [1.165, 1.54) is 19.2 Å². The number of para-hydroxylation sites is 1. The summed E-state index contributed by atoms with van der Waals surface area (Å²) in [7, 11) is 4.57. The summed E-state index contributed by atoms with van der Waals surface area (Å²) in [5.41, 5.74) is 3.39. The van der Waals surface area contributed by atoms with Gasteiger partial charge in [0.2, 0.25) is 0 Å². The van der Waals surface area contributed by atoms with Gasteiger partial charge in [0.1, 0.15) is 23.3 Å². The highest BCUT2D eigenvalue weighted by atomic mass is 19.1. The smallest absolute Gasteiger partial charge is 0.323 e. The molecular weight excluding hydrogens is 465 g/mol. The van der Waals surface area contributed by atoms with Gasteiger partial charge in [-0.05, 0) is 67.5 Å². The maximum absolute atomic E-state index is 13.9. The van der Waals surface area contributed by atoms with E-state index in [0.29, 0.717) is 23.0 Å². The molecule has 9 heteroatoms. The molecule has 1 unspecified atom stereocenters. The van der Waals surface area contributed by atoms with Crippen molar-refractivity contribution in [1.82, 2.24) is 5.06 Å². The second kappa shape index (κ2) is 10.6. The molecule has 188 valence electrons. The Morgan fingerprint density at radius 3 is 2.47 bits per heavy atom. The van der Waals surface area contributed by atoms with E-state index in [9.17, 15) is 9.18 Å². The molecule has 0 radical (unpaired) electrons. The third-order valence-electron chi connectivity index (χ3n) is 6.06. The van der Waals surface area contributed by atoms with Crippen LogP contribution in [0.25, 0.3) is 0 Å². The number of hydrogen-bond acceptors (Lipinski definition) is 6. The van der Waals surface area contributed by atoms with Gasteiger partial charge in [0.15, 0.2) is 11.6 Å². The van der Waals surface area contributed by atoms with Crippen LogP contribution in [0.5, 0.6) is 11.5 Å². The number of ether oxygens (including phenoxy) is 3. The van der Waals surface area contributed by atoms with Crippen molar-refractivity contribution in [3.8, 4) is 11.5 Å². The maximum atomic E-state index is 13.9. The second-order valence-electron chi connectivity index (χ2n) is 8.10. The number of nitrogens with zero attached hydrogens (tertiary/aromatic N) is 1. The number of rotatable bonds is 7. The lowest BCUT2D eigenvalue weighted by Gasteiger charge is -2.33. The van der Waals surface area contributed by atoms with Crippen LogP contribution in [0, 0.1) is 19.7 Å². The van der Waals surface area contributed by atoms with Crippen molar-refractivity contribution < 1.29 is 28.2 Å². The summed E-state index contributed by atoms with van der Waals surface area (Å²) in [5.74, 6) is 1.41. The minimum absolute atomic E-state index is 0.0343. The number of urea groups is 1. The van der Waals surface area contributed by atoms with Crippen molar-refractivity contribution in [3.63, 3.8) is 0 Å². The molecule has 8 nitrogen and oxygen atoms in total. The number of carbonyl (C=O) groups is 1. The molecule has 1 heterocycles. The summed E-state index contributed by atoms with van der Waals surface area (Å²) in [6, 6.07) is 7.19. The fourth-order valence-corrected chi connectivity index (χ4v) is 3.99. The number of hydrogen-bond donors (Lipinski definition) is 2. The molecule has 0 saturated carbocycles. The minimum Gasteiger partial charge on any atom is -0.497 e. The first-order chi connectivity index (χ1) is 17.4. The van der Waals surface area contributed by atoms with Crippen molar-refractivity contribution in [2.24, 2.45) is 0 Å². The first-order valence-electron chi connectivity index (χ1n) is 11.2. The van der Waals surface area contributed by atoms with Crippen molar-refractivity contribution in [2.45, 2.75) is 19.9 Å². The average molecular weight is 494 g/mol. The van der Waals surface area contributed by atoms with E-state index < -0.39 is 11.8 Å². The molecule has 2 aromatic rings. The number of anilines is 2. The van der Waals surface area contributed by atoms with E-state index >= 15 is 0 Å². The normalized spacial score (nSPS) is 16.3. The van der Waals surface area contributed by atoms with Gasteiger partial charge in [-0.3, -0.25) is 9.90 Å². The molecule has 0 spiro atoms. The lowest BCUT2D eigenvalue weighted by Crippen LogP contribution is -2.34. The number of methoxy groups -OCH3 is 2. The number of hydroxylamine groups is 2. The average Bonchev–Trinajstić information content (AvgIpc) is 2.88. The molecule has 1 aliphatic carbocycles. The second-order valence-corrected chi connectivity index (χ2v) is 8.10. The summed E-state index contributed by atoms with van der Waals surface area (Å²) in [6.07, 6.45) is 9.42. The number of fused-ring (bicyclic) bond motifs is 1. The Morgan fingerprint density at radius 1 is 0.972 bits per heavy atom. The van der Waals surface area contributed by atoms with Crippen LogP contribution in [-0.2, 0) is 9.57 Å². The number of carbonyl (C=O) groups excluding carboxylic acids is 1. The molecule has 2 N–H and O–H groups in total. The molecule has 0 saturated heterocycles. The Kier molecular flexibility index (Phi) is 7.30. The van der Waals surface area contributed by atoms with Crippen LogP contribution in [0.3, 0.4) is 0 Å². The van der Waals surface area contributed by atoms with Gasteiger partial charge in [-0.2, -0.15) is 0 Å². The van der Waals surface area contributed by atoms with E-state index in [1.54, 1.807) is 37.5 Å². The highest BCUT2D eigenvalue weighted by Gasteiger charge is 2.28. The standard InChI is InChI=1S/C27H28FN3O5/c1-16-17(2)24(36-25-13-14-31(35-5)23-11-9-18(33-3)15-19(23)25)12-10-21(16)29-27(32)30-22-8-6-7-20(28)26(22)34-4/h6-15,23H,1-5H3,(H2,29,30,32). The Hall–Kier alpha value is -4.24. The fraction of sp³-hybridized carbons (Fsp3) is 0.222. The van der Waals surface area contributed by atoms with Gasteiger partial charge in [0.05, 0.1) is 27.0 Å². The summed E-state index contributed by atoms with van der Waals surface area (Å²) in [6.45, 7) is 3.80. The molecule has 0 bridgehead atoms. The number of allylic oxidation sites excluding steroid dienone is 2. The van der Waals surface area contributed by atoms with Crippen LogP contribution in [0.15, 0.2) is 77.9 Å². The molecule has 2 aliphatic rings. The molecule has 0 fully saturated rings. The van der Waals surface area contributed by atoms with Gasteiger partial charge < -0.3 is 24.8 Å². The van der Waals surface area contributed by atoms with Crippen molar-refractivity contribution in [3.05, 3.63) is 94.9 Å². The van der Waals surface area contributed by atoms with Crippen molar-refractivity contribution in [1.29, 1.82) is 0 Å². The topological polar surface area (TPSA) is 81.3 Å². The van der Waals surface area contributed by atoms with Gasteiger partial charge >= 0.3 is 6.03 Å². The largest absolute Gasteiger partial charge is 0.497 e. The molecule has 36 heavy (non-hydrogen) atoms. The first kappa shape index (κ1) is 24.9. The molecule has 0 aromatic heterocycles. The Labute approximate surface area is 209 Å². The summed E-state index contributed by atoms with van der Waals surface area (Å²) >= 11 is 0. The SMILES string of the molecule is COC1=CC2=C(Oc3ccc(NC(=O)Nc4cccc(F)c4OC)c(C)c3C)C=CN(OC)C2C=C1. The number of halogens is 1. The zero-order chi connectivity index (χ0) is 25.8. The van der Waals surface area contributed by atoms with E-state index in [2.05, 4.69) is 10.6 Å². The lowest BCUT2D eigenvalue weighted by atomic mass is 9.97. The molecule has 1 atom stereocenters. The van der Waals surface area contributed by atoms with Gasteiger partial charge in [-0.1, -0.05) is 12.1 Å². The molecular formula is C27H28FN3O5. The van der Waals surface area contributed by atoms with E-state index in [4.69, 9.17) is 19.0 Å². The fourth-order valence-electron chi connectivity index (χ4n) is 3.99. The molecule has 2 amide bonds. The lowest BCUT2D eigenvalue weighted by molar-refractivity contribution is -0.101. The minimum atomic E-state index is -0.562. The Bertz CT molecular complexity index is 1300. The van der Waals surface area contributed by atoms with Gasteiger partial charge in [0.25, 0.3) is 0 Å². The van der Waals surface area contributed by atoms with Crippen LogP contribution in [-0.4, -0.2) is 38.5 Å². The Balaban J connectivity index is 1.55. The summed E-state index contributed by atoms with van der Waals surface area (Å²) < 4.78 is 30.7. The number of benzene rings is 2. The zero-order valence-corrected chi connectivity index (χ0v) is 20.7. The number of nitrogens with one attached hydrogen (secondary N) is 2. The van der Waals surface area contributed by atoms with Crippen LogP contribution in [0.2, 0.25) is 0 Å². The third kappa shape index (κ3) is 4.92. The quantitative estimate of drug-likeness (QED) is 0.524. The van der Waals surface area contributed by atoms with E-state index in [-0.39, 0.29) is 17.5 Å². The highest BCUT2D eigenvalue weighted by Crippen LogP contribution is 2.34. The Morgan fingerprint density at radius 2 is 1.75 bits per heavy atom.